The smallest absolute Gasteiger partial charge is 0.144 e. The first-order valence-corrected chi connectivity index (χ1v) is 14.8. The summed E-state index contributed by atoms with van der Waals surface area (Å²) < 4.78 is 6.73. The van der Waals surface area contributed by atoms with Crippen molar-refractivity contribution in [2.75, 3.05) is 4.90 Å². The maximum absolute atomic E-state index is 6.73. The number of benzene rings is 6. The van der Waals surface area contributed by atoms with Crippen molar-refractivity contribution in [2.24, 2.45) is 0 Å². The van der Waals surface area contributed by atoms with Gasteiger partial charge in [0, 0.05) is 43.6 Å². The molecule has 0 fully saturated rings. The van der Waals surface area contributed by atoms with Gasteiger partial charge in [0.05, 0.1) is 22.6 Å². The molecular weight excluding hydrogens is 524 g/mol. The van der Waals surface area contributed by atoms with Gasteiger partial charge in [-0.1, -0.05) is 105 Å². The second kappa shape index (κ2) is 8.80. The van der Waals surface area contributed by atoms with Gasteiger partial charge in [0.1, 0.15) is 11.2 Å². The highest BCUT2D eigenvalue weighted by Gasteiger charge is 2.36. The first-order chi connectivity index (χ1) is 21.1. The fraction of sp³-hybridized carbons (Fsp3) is 0.0750. The van der Waals surface area contributed by atoms with Gasteiger partial charge in [-0.2, -0.15) is 0 Å². The number of nitrogens with zero attached hydrogens (tertiary/aromatic N) is 2. The highest BCUT2D eigenvalue weighted by atomic mass is 16.3. The van der Waals surface area contributed by atoms with Gasteiger partial charge in [0.15, 0.2) is 0 Å². The summed E-state index contributed by atoms with van der Waals surface area (Å²) in [5, 5.41) is 5.52. The van der Waals surface area contributed by atoms with E-state index in [4.69, 9.17) is 9.40 Å². The molecule has 1 aliphatic heterocycles. The molecule has 0 bridgehead atoms. The molecule has 0 saturated heterocycles. The maximum Gasteiger partial charge on any atom is 0.144 e. The zero-order valence-corrected chi connectivity index (χ0v) is 24.0. The molecule has 0 N–H and O–H groups in total. The zero-order valence-electron chi connectivity index (χ0n) is 24.0. The van der Waals surface area contributed by atoms with Crippen LogP contribution in [0.15, 0.2) is 138 Å². The normalized spacial score (nSPS) is 14.0. The number of para-hydroxylation sites is 3. The second-order valence-electron chi connectivity index (χ2n) is 12.0. The van der Waals surface area contributed by atoms with Crippen LogP contribution in [0.2, 0.25) is 0 Å². The van der Waals surface area contributed by atoms with Crippen LogP contribution in [0.3, 0.4) is 0 Å². The maximum atomic E-state index is 6.73. The van der Waals surface area contributed by atoms with E-state index in [2.05, 4.69) is 146 Å². The summed E-state index contributed by atoms with van der Waals surface area (Å²) in [6, 6.07) is 47.4. The van der Waals surface area contributed by atoms with Crippen molar-refractivity contribution in [3.8, 4) is 11.3 Å². The largest absolute Gasteiger partial charge is 0.455 e. The zero-order chi connectivity index (χ0) is 28.7. The molecule has 0 aliphatic carbocycles. The summed E-state index contributed by atoms with van der Waals surface area (Å²) in [4.78, 5) is 7.52. The number of anilines is 3. The summed E-state index contributed by atoms with van der Waals surface area (Å²) >= 11 is 0. The third-order valence-corrected chi connectivity index (χ3v) is 9.23. The molecule has 1 aliphatic rings. The van der Waals surface area contributed by atoms with E-state index in [0.717, 1.165) is 60.6 Å². The monoisotopic (exact) mass is 552 g/mol. The van der Waals surface area contributed by atoms with Crippen LogP contribution in [0.4, 0.5) is 17.1 Å². The lowest BCUT2D eigenvalue weighted by molar-refractivity contribution is 0.632. The fourth-order valence-corrected chi connectivity index (χ4v) is 7.16. The fourth-order valence-electron chi connectivity index (χ4n) is 7.16. The molecule has 3 heterocycles. The third-order valence-electron chi connectivity index (χ3n) is 9.23. The van der Waals surface area contributed by atoms with Gasteiger partial charge in [-0.3, -0.25) is 0 Å². The summed E-state index contributed by atoms with van der Waals surface area (Å²) in [5.41, 5.74) is 10.9. The highest BCUT2D eigenvalue weighted by molar-refractivity contribution is 6.25. The summed E-state index contributed by atoms with van der Waals surface area (Å²) in [6.07, 6.45) is 0. The van der Waals surface area contributed by atoms with Crippen molar-refractivity contribution in [3.63, 3.8) is 0 Å². The van der Waals surface area contributed by atoms with Crippen molar-refractivity contribution in [1.82, 2.24) is 4.98 Å². The van der Waals surface area contributed by atoms with Gasteiger partial charge >= 0.3 is 0 Å². The van der Waals surface area contributed by atoms with E-state index in [1.807, 2.05) is 6.07 Å². The van der Waals surface area contributed by atoms with Crippen LogP contribution in [-0.4, -0.2) is 4.98 Å². The molecule has 6 aromatic carbocycles. The Morgan fingerprint density at radius 1 is 0.581 bits per heavy atom. The standard InChI is InChI=1S/C40H28N2O/c1-40(2)31-15-7-10-18-34(31)42(35-19-11-8-16-32(35)40)26-20-23-36-30(24-26)27-21-22-29-37(39(27)43-36)28-14-6-9-17-33(28)41-38(29)25-12-4-3-5-13-25/h3-24H,1-2H3. The summed E-state index contributed by atoms with van der Waals surface area (Å²) in [5.74, 6) is 0. The van der Waals surface area contributed by atoms with Gasteiger partial charge in [-0.15, -0.1) is 0 Å². The van der Waals surface area contributed by atoms with E-state index in [9.17, 15) is 0 Å². The number of rotatable bonds is 2. The molecule has 43 heavy (non-hydrogen) atoms. The number of fused-ring (bicyclic) bond motifs is 9. The van der Waals surface area contributed by atoms with E-state index in [-0.39, 0.29) is 5.41 Å². The quantitative estimate of drug-likeness (QED) is 0.200. The van der Waals surface area contributed by atoms with Gasteiger partial charge in [0.2, 0.25) is 0 Å². The van der Waals surface area contributed by atoms with Crippen molar-refractivity contribution >= 4 is 60.7 Å². The highest BCUT2D eigenvalue weighted by Crippen LogP contribution is 2.52. The minimum atomic E-state index is -0.0966. The van der Waals surface area contributed by atoms with Crippen LogP contribution >= 0.6 is 0 Å². The Bertz CT molecular complexity index is 2330. The van der Waals surface area contributed by atoms with Crippen LogP contribution in [0.25, 0.3) is 54.9 Å². The minimum Gasteiger partial charge on any atom is -0.455 e. The molecule has 0 saturated carbocycles. The molecule has 3 nitrogen and oxygen atoms in total. The molecule has 0 spiro atoms. The molecule has 204 valence electrons. The Labute approximate surface area is 249 Å². The predicted molar refractivity (Wildman–Crippen MR) is 179 cm³/mol. The van der Waals surface area contributed by atoms with Crippen molar-refractivity contribution in [2.45, 2.75) is 19.3 Å². The van der Waals surface area contributed by atoms with Crippen LogP contribution in [0.1, 0.15) is 25.0 Å². The van der Waals surface area contributed by atoms with Gasteiger partial charge in [0.25, 0.3) is 0 Å². The molecule has 8 aromatic rings. The lowest BCUT2D eigenvalue weighted by atomic mass is 9.73. The van der Waals surface area contributed by atoms with Crippen molar-refractivity contribution in [1.29, 1.82) is 0 Å². The predicted octanol–water partition coefficient (Wildman–Crippen LogP) is 11.1. The summed E-state index contributed by atoms with van der Waals surface area (Å²) in [6.45, 7) is 4.64. The molecule has 3 heteroatoms. The molecule has 0 atom stereocenters. The van der Waals surface area contributed by atoms with Crippen LogP contribution < -0.4 is 4.90 Å². The topological polar surface area (TPSA) is 29.3 Å². The molecule has 0 unspecified atom stereocenters. The lowest BCUT2D eigenvalue weighted by Gasteiger charge is -2.42. The average Bonchev–Trinajstić information content (AvgIpc) is 3.43. The Kier molecular flexibility index (Phi) is 4.95. The number of aromatic nitrogens is 1. The Morgan fingerprint density at radius 2 is 1.23 bits per heavy atom. The molecule has 0 radical (unpaired) electrons. The van der Waals surface area contributed by atoms with Crippen LogP contribution in [0, 0.1) is 0 Å². The summed E-state index contributed by atoms with van der Waals surface area (Å²) in [7, 11) is 0. The molecule has 2 aromatic heterocycles. The molecule has 9 rings (SSSR count). The number of hydrogen-bond acceptors (Lipinski definition) is 3. The number of furan rings is 1. The second-order valence-corrected chi connectivity index (χ2v) is 12.0. The SMILES string of the molecule is CC1(C)c2ccccc2N(c2ccc3oc4c(ccc5c(-c6ccccc6)nc6ccccc6c54)c3c2)c2ccccc21. The van der Waals surface area contributed by atoms with Crippen LogP contribution in [0.5, 0.6) is 0 Å². The van der Waals surface area contributed by atoms with Crippen molar-refractivity contribution < 1.29 is 4.42 Å². The first-order valence-electron chi connectivity index (χ1n) is 14.8. The lowest BCUT2D eigenvalue weighted by Crippen LogP contribution is -2.30. The minimum absolute atomic E-state index is 0.0966. The Balaban J connectivity index is 1.33. The molecular formula is C40H28N2O. The third kappa shape index (κ3) is 3.39. The number of hydrogen-bond donors (Lipinski definition) is 0. The van der Waals surface area contributed by atoms with Gasteiger partial charge < -0.3 is 9.32 Å². The molecule has 0 amide bonds. The number of pyridine rings is 1. The van der Waals surface area contributed by atoms with E-state index in [0.29, 0.717) is 0 Å². The average molecular weight is 553 g/mol. The van der Waals surface area contributed by atoms with E-state index >= 15 is 0 Å². The van der Waals surface area contributed by atoms with Gasteiger partial charge in [-0.05, 0) is 53.6 Å². The Hall–Kier alpha value is -5.41. The van der Waals surface area contributed by atoms with Crippen molar-refractivity contribution in [3.05, 3.63) is 145 Å². The van der Waals surface area contributed by atoms with E-state index < -0.39 is 0 Å². The Morgan fingerprint density at radius 3 is 2.00 bits per heavy atom. The van der Waals surface area contributed by atoms with E-state index in [1.54, 1.807) is 0 Å². The van der Waals surface area contributed by atoms with Crippen LogP contribution in [-0.2, 0) is 5.41 Å². The van der Waals surface area contributed by atoms with Gasteiger partial charge in [-0.25, -0.2) is 4.98 Å². The van der Waals surface area contributed by atoms with E-state index in [1.165, 1.54) is 22.5 Å². The first kappa shape index (κ1) is 24.2.